The Morgan fingerprint density at radius 3 is 2.39 bits per heavy atom. The molecule has 0 saturated heterocycles. The summed E-state index contributed by atoms with van der Waals surface area (Å²) in [5, 5.41) is 0. The smallest absolute Gasteiger partial charge is 0.137 e. The molecule has 4 heteroatoms. The Morgan fingerprint density at radius 1 is 1.11 bits per heavy atom. The highest BCUT2D eigenvalue weighted by molar-refractivity contribution is 5.56. The van der Waals surface area contributed by atoms with Crippen LogP contribution < -0.4 is 10.6 Å². The van der Waals surface area contributed by atoms with Crippen molar-refractivity contribution >= 4 is 11.6 Å². The van der Waals surface area contributed by atoms with E-state index in [4.69, 9.17) is 5.73 Å². The van der Waals surface area contributed by atoms with Crippen molar-refractivity contribution in [3.63, 3.8) is 0 Å². The molecule has 0 amide bonds. The highest BCUT2D eigenvalue weighted by Gasteiger charge is 2.13. The van der Waals surface area contributed by atoms with Gasteiger partial charge in [0, 0.05) is 25.1 Å². The first-order valence-electron chi connectivity index (χ1n) is 7.01. The lowest BCUT2D eigenvalue weighted by Crippen LogP contribution is -2.27. The van der Waals surface area contributed by atoms with Crippen LogP contribution in [0.4, 0.5) is 11.6 Å². The van der Waals surface area contributed by atoms with Gasteiger partial charge in [-0.3, -0.25) is 0 Å². The minimum atomic E-state index is 0.624. The van der Waals surface area contributed by atoms with Gasteiger partial charge in [-0.1, -0.05) is 20.3 Å². The molecule has 2 N–H and O–H groups in total. The van der Waals surface area contributed by atoms with Crippen molar-refractivity contribution in [2.24, 2.45) is 0 Å². The molecule has 18 heavy (non-hydrogen) atoms. The molecule has 4 nitrogen and oxygen atoms in total. The minimum absolute atomic E-state index is 0.624. The van der Waals surface area contributed by atoms with E-state index in [9.17, 15) is 0 Å². The number of aryl methyl sites for hydroxylation is 1. The number of hydrogen-bond donors (Lipinski definition) is 1. The number of aromatic nitrogens is 2. The van der Waals surface area contributed by atoms with Crippen LogP contribution in [0.15, 0.2) is 0 Å². The number of unbranched alkanes of at least 4 members (excludes halogenated alkanes) is 1. The van der Waals surface area contributed by atoms with Gasteiger partial charge in [0.15, 0.2) is 0 Å². The van der Waals surface area contributed by atoms with Crippen molar-refractivity contribution in [3.8, 4) is 0 Å². The molecule has 0 aliphatic rings. The third-order valence-corrected chi connectivity index (χ3v) is 3.14. The average Bonchev–Trinajstić information content (AvgIpc) is 2.36. The van der Waals surface area contributed by atoms with Crippen molar-refractivity contribution in [2.75, 3.05) is 23.7 Å². The van der Waals surface area contributed by atoms with E-state index in [2.05, 4.69) is 35.6 Å². The summed E-state index contributed by atoms with van der Waals surface area (Å²) >= 11 is 0. The second-order valence-electron chi connectivity index (χ2n) is 4.66. The summed E-state index contributed by atoms with van der Waals surface area (Å²) in [6, 6.07) is 0. The molecule has 0 fully saturated rings. The Balaban J connectivity index is 3.03. The molecule has 0 radical (unpaired) electrons. The molecule has 0 aromatic carbocycles. The average molecular weight is 250 g/mol. The Morgan fingerprint density at radius 2 is 1.83 bits per heavy atom. The van der Waals surface area contributed by atoms with Gasteiger partial charge >= 0.3 is 0 Å². The van der Waals surface area contributed by atoms with E-state index in [0.29, 0.717) is 5.82 Å². The normalized spacial score (nSPS) is 10.7. The van der Waals surface area contributed by atoms with Crippen LogP contribution in [-0.2, 0) is 6.42 Å². The van der Waals surface area contributed by atoms with E-state index in [-0.39, 0.29) is 0 Å². The number of anilines is 2. The first kappa shape index (κ1) is 14.7. The summed E-state index contributed by atoms with van der Waals surface area (Å²) in [5.74, 6) is 2.51. The van der Waals surface area contributed by atoms with Crippen LogP contribution in [0.5, 0.6) is 0 Å². The van der Waals surface area contributed by atoms with Gasteiger partial charge in [0.25, 0.3) is 0 Å². The molecule has 0 aliphatic carbocycles. The molecule has 0 bridgehead atoms. The van der Waals surface area contributed by atoms with Crippen molar-refractivity contribution < 1.29 is 0 Å². The maximum Gasteiger partial charge on any atom is 0.137 e. The molecule has 0 aliphatic heterocycles. The molecule has 0 atom stereocenters. The summed E-state index contributed by atoms with van der Waals surface area (Å²) in [6.07, 6.45) is 4.31. The zero-order chi connectivity index (χ0) is 13.5. The molecular weight excluding hydrogens is 224 g/mol. The monoisotopic (exact) mass is 250 g/mol. The molecule has 0 saturated carbocycles. The van der Waals surface area contributed by atoms with Crippen LogP contribution in [0.1, 0.15) is 51.4 Å². The SMILES string of the molecule is CCCCN(CC)c1nc(CCC)nc(N)c1C. The highest BCUT2D eigenvalue weighted by Crippen LogP contribution is 2.22. The van der Waals surface area contributed by atoms with Crippen LogP contribution in [-0.4, -0.2) is 23.1 Å². The Bertz CT molecular complexity index is 376. The van der Waals surface area contributed by atoms with Crippen LogP contribution >= 0.6 is 0 Å². The maximum atomic E-state index is 6.00. The molecule has 1 aromatic heterocycles. The third kappa shape index (κ3) is 3.59. The van der Waals surface area contributed by atoms with E-state index in [1.165, 1.54) is 12.8 Å². The zero-order valence-corrected chi connectivity index (χ0v) is 12.2. The summed E-state index contributed by atoms with van der Waals surface area (Å²) in [5.41, 5.74) is 7.00. The van der Waals surface area contributed by atoms with Gasteiger partial charge in [-0.2, -0.15) is 0 Å². The van der Waals surface area contributed by atoms with E-state index in [1.807, 2.05) is 6.92 Å². The second kappa shape index (κ2) is 7.19. The van der Waals surface area contributed by atoms with Gasteiger partial charge in [-0.25, -0.2) is 9.97 Å². The maximum absolute atomic E-state index is 6.00. The summed E-state index contributed by atoms with van der Waals surface area (Å²) in [4.78, 5) is 11.3. The fourth-order valence-corrected chi connectivity index (χ4v) is 1.97. The first-order chi connectivity index (χ1) is 8.63. The molecule has 1 aromatic rings. The summed E-state index contributed by atoms with van der Waals surface area (Å²) in [7, 11) is 0. The number of rotatable bonds is 7. The quantitative estimate of drug-likeness (QED) is 0.808. The van der Waals surface area contributed by atoms with Crippen LogP contribution in [0, 0.1) is 6.92 Å². The predicted molar refractivity (Wildman–Crippen MR) is 78.0 cm³/mol. The van der Waals surface area contributed by atoms with Gasteiger partial charge in [-0.15, -0.1) is 0 Å². The van der Waals surface area contributed by atoms with Gasteiger partial charge < -0.3 is 10.6 Å². The topological polar surface area (TPSA) is 55.0 Å². The van der Waals surface area contributed by atoms with Crippen molar-refractivity contribution in [3.05, 3.63) is 11.4 Å². The molecular formula is C14H26N4. The molecule has 102 valence electrons. The van der Waals surface area contributed by atoms with Gasteiger partial charge in [-0.05, 0) is 26.7 Å². The molecule has 0 spiro atoms. The first-order valence-corrected chi connectivity index (χ1v) is 7.01. The second-order valence-corrected chi connectivity index (χ2v) is 4.66. The zero-order valence-electron chi connectivity index (χ0n) is 12.2. The summed E-state index contributed by atoms with van der Waals surface area (Å²) in [6.45, 7) is 10.5. The Hall–Kier alpha value is -1.32. The van der Waals surface area contributed by atoms with Gasteiger partial charge in [0.2, 0.25) is 0 Å². The van der Waals surface area contributed by atoms with Crippen molar-refractivity contribution in [1.82, 2.24) is 9.97 Å². The van der Waals surface area contributed by atoms with Crippen LogP contribution in [0.2, 0.25) is 0 Å². The fraction of sp³-hybridized carbons (Fsp3) is 0.714. The van der Waals surface area contributed by atoms with Crippen LogP contribution in [0.25, 0.3) is 0 Å². The number of hydrogen-bond acceptors (Lipinski definition) is 4. The minimum Gasteiger partial charge on any atom is -0.383 e. The highest BCUT2D eigenvalue weighted by atomic mass is 15.2. The van der Waals surface area contributed by atoms with E-state index >= 15 is 0 Å². The Kier molecular flexibility index (Phi) is 5.89. The number of nitrogens with zero attached hydrogens (tertiary/aromatic N) is 3. The molecule has 0 unspecified atom stereocenters. The van der Waals surface area contributed by atoms with E-state index in [1.54, 1.807) is 0 Å². The van der Waals surface area contributed by atoms with Gasteiger partial charge in [0.05, 0.1) is 0 Å². The fourth-order valence-electron chi connectivity index (χ4n) is 1.97. The van der Waals surface area contributed by atoms with Crippen LogP contribution in [0.3, 0.4) is 0 Å². The predicted octanol–water partition coefficient (Wildman–Crippen LogP) is 2.95. The number of nitrogens with two attached hydrogens (primary N) is 1. The van der Waals surface area contributed by atoms with Gasteiger partial charge in [0.1, 0.15) is 17.5 Å². The lowest BCUT2D eigenvalue weighted by molar-refractivity contribution is 0.714. The largest absolute Gasteiger partial charge is 0.383 e. The summed E-state index contributed by atoms with van der Waals surface area (Å²) < 4.78 is 0. The van der Waals surface area contributed by atoms with E-state index in [0.717, 1.165) is 43.1 Å². The lowest BCUT2D eigenvalue weighted by Gasteiger charge is -2.24. The third-order valence-electron chi connectivity index (χ3n) is 3.14. The number of nitrogen functional groups attached to an aromatic ring is 1. The lowest BCUT2D eigenvalue weighted by atomic mass is 10.2. The van der Waals surface area contributed by atoms with Crippen molar-refractivity contribution in [1.29, 1.82) is 0 Å². The van der Waals surface area contributed by atoms with E-state index < -0.39 is 0 Å². The van der Waals surface area contributed by atoms with Crippen molar-refractivity contribution in [2.45, 2.75) is 53.4 Å². The Labute approximate surface area is 111 Å². The molecule has 1 heterocycles. The standard InChI is InChI=1S/C14H26N4/c1-5-8-10-18(7-3)14-11(4)13(15)16-12(17-14)9-6-2/h5-10H2,1-4H3,(H2,15,16,17). The molecule has 1 rings (SSSR count).